The van der Waals surface area contributed by atoms with Crippen LogP contribution in [0.25, 0.3) is 0 Å². The number of unbranched alkanes of at least 4 members (excludes halogenated alkanes) is 3. The van der Waals surface area contributed by atoms with Crippen molar-refractivity contribution in [2.45, 2.75) is 71.4 Å². The monoisotopic (exact) mass is 925 g/mol. The summed E-state index contributed by atoms with van der Waals surface area (Å²) in [7, 11) is -10.9. The normalized spacial score (nSPS) is 11.6. The molecule has 0 aliphatic carbocycles. The fourth-order valence-corrected chi connectivity index (χ4v) is 12.0. The molecular weight excluding hydrogens is 889 g/mol. The molecule has 0 radical (unpaired) electrons. The molecule has 0 atom stereocenters. The molecule has 294 valence electrons. The number of rotatable bonds is 20. The molecule has 4 aromatic heterocycles. The van der Waals surface area contributed by atoms with Crippen LogP contribution in [0.3, 0.4) is 0 Å². The molecule has 0 unspecified atom stereocenters. The number of nitrogens with one attached hydrogen (secondary N) is 3. The van der Waals surface area contributed by atoms with Gasteiger partial charge < -0.3 is 0 Å². The number of hydrogen-bond donors (Lipinski definition) is 3. The Morgan fingerprint density at radius 2 is 1.00 bits per heavy atom. The van der Waals surface area contributed by atoms with Gasteiger partial charge in [0.2, 0.25) is 20.0 Å². The average molecular weight is 927 g/mol. The number of carbonyl (C=O) groups is 3. The summed E-state index contributed by atoms with van der Waals surface area (Å²) >= 11 is 21.2. The third kappa shape index (κ3) is 17.8. The minimum Gasteiger partial charge on any atom is -0.298 e. The predicted octanol–water partition coefficient (Wildman–Crippen LogP) is 7.89. The van der Waals surface area contributed by atoms with Crippen LogP contribution in [0.15, 0.2) is 66.5 Å². The van der Waals surface area contributed by atoms with Crippen LogP contribution < -0.4 is 14.2 Å². The Labute approximate surface area is 341 Å². The van der Waals surface area contributed by atoms with Gasteiger partial charge in [-0.3, -0.25) is 14.4 Å². The quantitative estimate of drug-likeness (QED) is 0.0585. The van der Waals surface area contributed by atoms with E-state index in [0.29, 0.717) is 37.1 Å². The van der Waals surface area contributed by atoms with Crippen molar-refractivity contribution in [3.8, 4) is 0 Å². The summed E-state index contributed by atoms with van der Waals surface area (Å²) < 4.78 is 78.9. The van der Waals surface area contributed by atoms with E-state index in [-0.39, 0.29) is 49.6 Å². The molecule has 4 rings (SSSR count). The molecule has 0 saturated heterocycles. The highest BCUT2D eigenvalue weighted by Gasteiger charge is 2.20. The van der Waals surface area contributed by atoms with E-state index < -0.39 is 30.1 Å². The average Bonchev–Trinajstić information content (AvgIpc) is 3.94. The Balaban J connectivity index is 0.000000276. The molecule has 3 N–H and O–H groups in total. The zero-order valence-electron chi connectivity index (χ0n) is 28.4. The van der Waals surface area contributed by atoms with Crippen molar-refractivity contribution in [1.29, 1.82) is 0 Å². The number of halogens is 3. The summed E-state index contributed by atoms with van der Waals surface area (Å²) in [5, 5.41) is 1.76. The second-order valence-corrected chi connectivity index (χ2v) is 22.8. The Kier molecular flexibility index (Phi) is 21.1. The van der Waals surface area contributed by atoms with E-state index in [4.69, 9.17) is 34.8 Å². The summed E-state index contributed by atoms with van der Waals surface area (Å²) in [4.78, 5) is 34.9. The zero-order valence-corrected chi connectivity index (χ0v) is 36.4. The first-order chi connectivity index (χ1) is 24.9. The highest BCUT2D eigenvalue weighted by atomic mass is 35.5. The van der Waals surface area contributed by atoms with Gasteiger partial charge in [-0.25, -0.2) is 39.4 Å². The lowest BCUT2D eigenvalue weighted by Gasteiger charge is -2.04. The summed E-state index contributed by atoms with van der Waals surface area (Å²) in [6.07, 6.45) is 5.56. The molecular formula is C31H38Cl3N3O9S7. The molecule has 53 heavy (non-hydrogen) atoms. The van der Waals surface area contributed by atoms with E-state index in [9.17, 15) is 39.6 Å². The van der Waals surface area contributed by atoms with Crippen LogP contribution in [0.4, 0.5) is 0 Å². The van der Waals surface area contributed by atoms with Crippen LogP contribution in [-0.2, 0) is 39.7 Å². The largest absolute Gasteiger partial charge is 0.298 e. The molecule has 0 amide bonds. The molecule has 22 heteroatoms. The van der Waals surface area contributed by atoms with E-state index >= 15 is 0 Å². The lowest BCUT2D eigenvalue weighted by atomic mass is 10.1. The number of hydrogen-bond acceptors (Lipinski definition) is 13. The van der Waals surface area contributed by atoms with Gasteiger partial charge >= 0.3 is 0 Å². The smallest absolute Gasteiger partial charge is 0.250 e. The molecule has 12 nitrogen and oxygen atoms in total. The maximum Gasteiger partial charge on any atom is 0.250 e. The van der Waals surface area contributed by atoms with Crippen molar-refractivity contribution in [2.75, 3.05) is 19.6 Å². The van der Waals surface area contributed by atoms with Gasteiger partial charge in [0, 0.05) is 12.8 Å². The van der Waals surface area contributed by atoms with Gasteiger partial charge in [0.25, 0.3) is 10.0 Å². The van der Waals surface area contributed by atoms with Crippen LogP contribution in [0.1, 0.15) is 68.5 Å². The standard InChI is InChI=1S/C12H18ClNO3S2.C10H8ClNO3S3.C9H12ClNO3S2/c1-2-3-4-5-6-10(15)9-14-19(16,17)12-8-7-11(13)18-12;11-9-3-4-10(17-9)18(14,15)12-6-7(13)8-2-1-5-16-8;1-2-3-7(12)6-11-16(13,14)9-5-4-8(10)15-9/h7-8,14H,2-6,9H2,1H3;1-5,12H,6H2;4-5,11H,2-3,6H2,1H3. The molecule has 0 bridgehead atoms. The summed E-state index contributed by atoms with van der Waals surface area (Å²) in [5.41, 5.74) is 0. The van der Waals surface area contributed by atoms with Gasteiger partial charge in [-0.15, -0.1) is 45.3 Å². The molecule has 0 aliphatic heterocycles. The first-order valence-corrected chi connectivity index (χ1v) is 24.7. The minimum absolute atomic E-state index is 0.0812. The topological polar surface area (TPSA) is 190 Å². The van der Waals surface area contributed by atoms with Gasteiger partial charge in [-0.05, 0) is 60.7 Å². The maximum atomic E-state index is 11.8. The van der Waals surface area contributed by atoms with Gasteiger partial charge in [0.05, 0.1) is 37.5 Å². The van der Waals surface area contributed by atoms with Crippen LogP contribution in [0.5, 0.6) is 0 Å². The molecule has 0 fully saturated rings. The van der Waals surface area contributed by atoms with E-state index in [1.165, 1.54) is 47.7 Å². The van der Waals surface area contributed by atoms with Crippen molar-refractivity contribution in [1.82, 2.24) is 14.2 Å². The first kappa shape index (κ1) is 47.6. The predicted molar refractivity (Wildman–Crippen MR) is 216 cm³/mol. The number of Topliss-reactive ketones (excluding diaryl/α,β-unsaturated/α-hetero) is 3. The summed E-state index contributed by atoms with van der Waals surface area (Å²) in [6, 6.07) is 12.2. The molecule has 0 aliphatic rings. The van der Waals surface area contributed by atoms with Crippen molar-refractivity contribution in [2.24, 2.45) is 0 Å². The Morgan fingerprint density at radius 3 is 1.36 bits per heavy atom. The molecule has 4 aromatic rings. The van der Waals surface area contributed by atoms with Gasteiger partial charge in [0.1, 0.15) is 24.2 Å². The third-order valence-electron chi connectivity index (χ3n) is 6.42. The van der Waals surface area contributed by atoms with Gasteiger partial charge in [-0.1, -0.05) is 74.0 Å². The van der Waals surface area contributed by atoms with Crippen LogP contribution in [-0.4, -0.2) is 62.2 Å². The Hall–Kier alpha value is -1.59. The van der Waals surface area contributed by atoms with Crippen molar-refractivity contribution < 1.29 is 39.6 Å². The van der Waals surface area contributed by atoms with Gasteiger partial charge in [-0.2, -0.15) is 0 Å². The highest BCUT2D eigenvalue weighted by molar-refractivity contribution is 7.92. The minimum atomic E-state index is -3.66. The fourth-order valence-electron chi connectivity index (χ4n) is 3.78. The fraction of sp³-hybridized carbons (Fsp3) is 0.387. The summed E-state index contributed by atoms with van der Waals surface area (Å²) in [5.74, 6) is -0.452. The molecule has 0 spiro atoms. The number of sulfonamides is 3. The first-order valence-electron chi connectivity index (χ1n) is 15.7. The zero-order chi connectivity index (χ0) is 39.7. The third-order valence-corrected chi connectivity index (χ3v) is 16.7. The second-order valence-electron chi connectivity index (χ2n) is 10.7. The lowest BCUT2D eigenvalue weighted by Crippen LogP contribution is -2.29. The van der Waals surface area contributed by atoms with E-state index in [1.54, 1.807) is 17.5 Å². The van der Waals surface area contributed by atoms with E-state index in [0.717, 1.165) is 59.7 Å². The number of ketones is 3. The van der Waals surface area contributed by atoms with Crippen LogP contribution in [0.2, 0.25) is 13.0 Å². The van der Waals surface area contributed by atoms with Gasteiger partial charge in [0.15, 0.2) is 5.78 Å². The van der Waals surface area contributed by atoms with E-state index in [1.807, 2.05) is 6.92 Å². The molecule has 4 heterocycles. The van der Waals surface area contributed by atoms with E-state index in [2.05, 4.69) is 21.1 Å². The van der Waals surface area contributed by atoms with Crippen molar-refractivity contribution >= 4 is 128 Å². The molecule has 0 saturated carbocycles. The Bertz CT molecular complexity index is 2090. The molecule has 0 aromatic carbocycles. The SMILES string of the molecule is CCCC(=O)CNS(=O)(=O)c1ccc(Cl)s1.CCCCCCC(=O)CNS(=O)(=O)c1ccc(Cl)s1.O=C(CNS(=O)(=O)c1ccc(Cl)s1)c1cccs1. The number of thiophene rings is 4. The number of carbonyl (C=O) groups excluding carboxylic acids is 3. The second kappa shape index (κ2) is 23.5. The lowest BCUT2D eigenvalue weighted by molar-refractivity contribution is -0.118. The van der Waals surface area contributed by atoms with Crippen molar-refractivity contribution in [3.63, 3.8) is 0 Å². The highest BCUT2D eigenvalue weighted by Crippen LogP contribution is 2.27. The van der Waals surface area contributed by atoms with Crippen LogP contribution >= 0.6 is 80.1 Å². The Morgan fingerprint density at radius 1 is 0.566 bits per heavy atom. The summed E-state index contributed by atoms with van der Waals surface area (Å²) in [6.45, 7) is 3.40. The van der Waals surface area contributed by atoms with Crippen LogP contribution in [0, 0.1) is 0 Å². The van der Waals surface area contributed by atoms with Crippen molar-refractivity contribution in [3.05, 3.63) is 71.8 Å². The maximum absolute atomic E-state index is 11.8.